The van der Waals surface area contributed by atoms with Gasteiger partial charge in [0.2, 0.25) is 0 Å². The summed E-state index contributed by atoms with van der Waals surface area (Å²) in [6.45, 7) is 7.11. The van der Waals surface area contributed by atoms with E-state index < -0.39 is 0 Å². The third-order valence-electron chi connectivity index (χ3n) is 2.22. The Morgan fingerprint density at radius 3 is 2.86 bits per heavy atom. The van der Waals surface area contributed by atoms with E-state index in [1.807, 2.05) is 7.05 Å². The number of likely N-dealkylation sites (N-methyl/N-ethyl adjacent to an activating group) is 1. The number of nitrogens with one attached hydrogen (secondary N) is 1. The summed E-state index contributed by atoms with van der Waals surface area (Å²) in [6.07, 6.45) is -0.285. The van der Waals surface area contributed by atoms with Crippen LogP contribution in [0.25, 0.3) is 0 Å². The molecule has 0 aliphatic carbocycles. The molecule has 4 nitrogen and oxygen atoms in total. The predicted molar refractivity (Wildman–Crippen MR) is 55.1 cm³/mol. The van der Waals surface area contributed by atoms with Gasteiger partial charge in [0.15, 0.2) is 0 Å². The van der Waals surface area contributed by atoms with Gasteiger partial charge in [-0.15, -0.1) is 0 Å². The van der Waals surface area contributed by atoms with Gasteiger partial charge in [-0.3, -0.25) is 4.79 Å². The van der Waals surface area contributed by atoms with E-state index in [1.54, 1.807) is 4.90 Å². The van der Waals surface area contributed by atoms with E-state index >= 15 is 0 Å². The normalized spacial score (nSPS) is 22.4. The van der Waals surface area contributed by atoms with Crippen LogP contribution in [0.3, 0.4) is 0 Å². The number of carbonyl (C=O) groups excluding carboxylic acids is 1. The second-order valence-corrected chi connectivity index (χ2v) is 4.18. The molecule has 4 heteroatoms. The zero-order valence-electron chi connectivity index (χ0n) is 9.25. The van der Waals surface area contributed by atoms with Gasteiger partial charge in [0, 0.05) is 26.7 Å². The molecule has 1 unspecified atom stereocenters. The van der Waals surface area contributed by atoms with Crippen molar-refractivity contribution in [3.05, 3.63) is 0 Å². The molecule has 0 saturated carbocycles. The molecule has 1 saturated heterocycles. The van der Waals surface area contributed by atoms with Crippen molar-refractivity contribution in [2.24, 2.45) is 5.92 Å². The van der Waals surface area contributed by atoms with Crippen LogP contribution < -0.4 is 5.32 Å². The standard InChI is InChI=1S/C10H20N2O2/c1-8(2)7-12(3)10(13)9-6-11-4-5-14-9/h8-9,11H,4-7H2,1-3H3. The number of carbonyl (C=O) groups is 1. The molecule has 1 aliphatic rings. The second-order valence-electron chi connectivity index (χ2n) is 4.18. The minimum Gasteiger partial charge on any atom is -0.366 e. The van der Waals surface area contributed by atoms with Gasteiger partial charge in [0.1, 0.15) is 6.10 Å². The summed E-state index contributed by atoms with van der Waals surface area (Å²) in [6, 6.07) is 0. The maximum absolute atomic E-state index is 11.8. The van der Waals surface area contributed by atoms with Crippen molar-refractivity contribution in [3.8, 4) is 0 Å². The van der Waals surface area contributed by atoms with Crippen molar-refractivity contribution in [2.45, 2.75) is 20.0 Å². The SMILES string of the molecule is CC(C)CN(C)C(=O)C1CNCCO1. The monoisotopic (exact) mass is 200 g/mol. The molecule has 0 aromatic rings. The zero-order chi connectivity index (χ0) is 10.6. The number of nitrogens with zero attached hydrogens (tertiary/aromatic N) is 1. The van der Waals surface area contributed by atoms with Crippen molar-refractivity contribution >= 4 is 5.91 Å². The largest absolute Gasteiger partial charge is 0.366 e. The highest BCUT2D eigenvalue weighted by atomic mass is 16.5. The molecule has 1 rings (SSSR count). The lowest BCUT2D eigenvalue weighted by Gasteiger charge is -2.28. The predicted octanol–water partition coefficient (Wildman–Crippen LogP) is 0.0892. The highest BCUT2D eigenvalue weighted by Crippen LogP contribution is 2.03. The fourth-order valence-electron chi connectivity index (χ4n) is 1.61. The van der Waals surface area contributed by atoms with E-state index in [2.05, 4.69) is 19.2 Å². The summed E-state index contributed by atoms with van der Waals surface area (Å²) < 4.78 is 5.39. The highest BCUT2D eigenvalue weighted by molar-refractivity contribution is 5.81. The topological polar surface area (TPSA) is 41.6 Å². The lowest BCUT2D eigenvalue weighted by Crippen LogP contribution is -2.49. The van der Waals surface area contributed by atoms with Crippen LogP contribution in [0.5, 0.6) is 0 Å². The van der Waals surface area contributed by atoms with Crippen LogP contribution in [-0.2, 0) is 9.53 Å². The summed E-state index contributed by atoms with van der Waals surface area (Å²) in [5, 5.41) is 3.15. The van der Waals surface area contributed by atoms with E-state index in [0.29, 0.717) is 19.1 Å². The molecular weight excluding hydrogens is 180 g/mol. The minimum absolute atomic E-state index is 0.0888. The van der Waals surface area contributed by atoms with Gasteiger partial charge in [0.05, 0.1) is 6.61 Å². The van der Waals surface area contributed by atoms with Crippen molar-refractivity contribution < 1.29 is 9.53 Å². The fraction of sp³-hybridized carbons (Fsp3) is 0.900. The number of morpholine rings is 1. The molecule has 0 aromatic carbocycles. The van der Waals surface area contributed by atoms with Crippen LogP contribution in [0.15, 0.2) is 0 Å². The number of ether oxygens (including phenoxy) is 1. The molecule has 0 spiro atoms. The lowest BCUT2D eigenvalue weighted by molar-refractivity contribution is -0.144. The molecule has 14 heavy (non-hydrogen) atoms. The van der Waals surface area contributed by atoms with Crippen LogP contribution >= 0.6 is 0 Å². The minimum atomic E-state index is -0.285. The molecule has 1 heterocycles. The first kappa shape index (κ1) is 11.5. The van der Waals surface area contributed by atoms with E-state index in [-0.39, 0.29) is 12.0 Å². The number of amides is 1. The van der Waals surface area contributed by atoms with Crippen molar-refractivity contribution in [1.82, 2.24) is 10.2 Å². The van der Waals surface area contributed by atoms with Crippen LogP contribution in [0, 0.1) is 5.92 Å². The van der Waals surface area contributed by atoms with E-state index in [9.17, 15) is 4.79 Å². The fourth-order valence-corrected chi connectivity index (χ4v) is 1.61. The number of hydrogen-bond donors (Lipinski definition) is 1. The summed E-state index contributed by atoms with van der Waals surface area (Å²) in [5.74, 6) is 0.589. The third-order valence-corrected chi connectivity index (χ3v) is 2.22. The van der Waals surface area contributed by atoms with Gasteiger partial charge >= 0.3 is 0 Å². The second kappa shape index (κ2) is 5.32. The van der Waals surface area contributed by atoms with E-state index in [4.69, 9.17) is 4.74 Å². The van der Waals surface area contributed by atoms with E-state index in [1.165, 1.54) is 0 Å². The van der Waals surface area contributed by atoms with Crippen LogP contribution in [0.4, 0.5) is 0 Å². The van der Waals surface area contributed by atoms with Crippen LogP contribution in [0.2, 0.25) is 0 Å². The Balaban J connectivity index is 2.38. The van der Waals surface area contributed by atoms with Crippen molar-refractivity contribution in [2.75, 3.05) is 33.3 Å². The molecule has 1 atom stereocenters. The zero-order valence-corrected chi connectivity index (χ0v) is 9.25. The van der Waals surface area contributed by atoms with Crippen molar-refractivity contribution in [1.29, 1.82) is 0 Å². The Bertz CT molecular complexity index is 189. The summed E-state index contributed by atoms with van der Waals surface area (Å²) in [7, 11) is 1.83. The summed E-state index contributed by atoms with van der Waals surface area (Å²) >= 11 is 0. The Morgan fingerprint density at radius 1 is 1.64 bits per heavy atom. The van der Waals surface area contributed by atoms with Crippen molar-refractivity contribution in [3.63, 3.8) is 0 Å². The van der Waals surface area contributed by atoms with Gasteiger partial charge in [-0.05, 0) is 5.92 Å². The number of rotatable bonds is 3. The van der Waals surface area contributed by atoms with Gasteiger partial charge in [-0.1, -0.05) is 13.8 Å². The average molecular weight is 200 g/mol. The Morgan fingerprint density at radius 2 is 2.36 bits per heavy atom. The van der Waals surface area contributed by atoms with Gasteiger partial charge in [-0.25, -0.2) is 0 Å². The molecule has 1 fully saturated rings. The van der Waals surface area contributed by atoms with Crippen LogP contribution in [-0.4, -0.2) is 50.2 Å². The number of hydrogen-bond acceptors (Lipinski definition) is 3. The molecule has 0 bridgehead atoms. The Labute approximate surface area is 85.6 Å². The van der Waals surface area contributed by atoms with E-state index in [0.717, 1.165) is 13.1 Å². The first-order valence-corrected chi connectivity index (χ1v) is 5.18. The van der Waals surface area contributed by atoms with Gasteiger partial charge in [-0.2, -0.15) is 0 Å². The quantitative estimate of drug-likeness (QED) is 0.702. The molecule has 1 amide bonds. The van der Waals surface area contributed by atoms with Gasteiger partial charge in [0.25, 0.3) is 5.91 Å². The maximum atomic E-state index is 11.8. The summed E-state index contributed by atoms with van der Waals surface area (Å²) in [4.78, 5) is 13.5. The van der Waals surface area contributed by atoms with Crippen LogP contribution in [0.1, 0.15) is 13.8 Å². The molecule has 0 aromatic heterocycles. The molecule has 1 N–H and O–H groups in total. The Hall–Kier alpha value is -0.610. The maximum Gasteiger partial charge on any atom is 0.252 e. The molecule has 82 valence electrons. The third kappa shape index (κ3) is 3.27. The first-order valence-electron chi connectivity index (χ1n) is 5.18. The Kier molecular flexibility index (Phi) is 4.35. The van der Waals surface area contributed by atoms with Gasteiger partial charge < -0.3 is 15.0 Å². The first-order chi connectivity index (χ1) is 6.61. The average Bonchev–Trinajstić information content (AvgIpc) is 2.17. The molecule has 0 radical (unpaired) electrons. The summed E-state index contributed by atoms with van der Waals surface area (Å²) in [5.41, 5.74) is 0. The lowest BCUT2D eigenvalue weighted by atomic mass is 10.2. The molecule has 1 aliphatic heterocycles. The smallest absolute Gasteiger partial charge is 0.252 e. The molecular formula is C10H20N2O2. The highest BCUT2D eigenvalue weighted by Gasteiger charge is 2.24.